The van der Waals surface area contributed by atoms with Gasteiger partial charge in [-0.25, -0.2) is 4.79 Å². The van der Waals surface area contributed by atoms with E-state index in [2.05, 4.69) is 4.74 Å². The van der Waals surface area contributed by atoms with Gasteiger partial charge in [-0.15, -0.1) is 11.8 Å². The van der Waals surface area contributed by atoms with Gasteiger partial charge in [0.2, 0.25) is 0 Å². The summed E-state index contributed by atoms with van der Waals surface area (Å²) in [6.07, 6.45) is 0. The Morgan fingerprint density at radius 2 is 2.11 bits per heavy atom. The number of hydrogen-bond donors (Lipinski definition) is 1. The molecule has 0 aromatic heterocycles. The van der Waals surface area contributed by atoms with Crippen molar-refractivity contribution in [2.24, 2.45) is 0 Å². The van der Waals surface area contributed by atoms with Crippen LogP contribution in [0, 0.1) is 0 Å². The van der Waals surface area contributed by atoms with E-state index in [0.29, 0.717) is 15.6 Å². The highest BCUT2D eigenvalue weighted by molar-refractivity contribution is 8.00. The fraction of sp³-hybridized carbons (Fsp3) is 0.333. The van der Waals surface area contributed by atoms with Gasteiger partial charge >= 0.3 is 11.9 Å². The number of nitrogen functional groups attached to an aromatic ring is 1. The summed E-state index contributed by atoms with van der Waals surface area (Å²) in [4.78, 5) is 23.4. The van der Waals surface area contributed by atoms with Gasteiger partial charge in [0.05, 0.1) is 30.1 Å². The third-order valence-corrected chi connectivity index (χ3v) is 3.64. The number of thioether (sulfide) groups is 1. The number of halogens is 1. The van der Waals surface area contributed by atoms with Gasteiger partial charge in [0.15, 0.2) is 0 Å². The predicted octanol–water partition coefficient (Wildman–Crippen LogP) is 2.36. The van der Waals surface area contributed by atoms with Crippen molar-refractivity contribution >= 4 is 41.0 Å². The Morgan fingerprint density at radius 1 is 1.42 bits per heavy atom. The normalized spacial score (nSPS) is 10.1. The lowest BCUT2D eigenvalue weighted by atomic mass is 10.2. The van der Waals surface area contributed by atoms with E-state index in [1.807, 2.05) is 0 Å². The topological polar surface area (TPSA) is 78.6 Å². The minimum Gasteiger partial charge on any atom is -0.468 e. The molecule has 0 radical (unpaired) electrons. The molecule has 0 unspecified atom stereocenters. The average molecular weight is 304 g/mol. The van der Waals surface area contributed by atoms with Crippen molar-refractivity contribution in [3.63, 3.8) is 0 Å². The molecule has 0 aliphatic heterocycles. The highest BCUT2D eigenvalue weighted by Gasteiger charge is 2.18. The smallest absolute Gasteiger partial charge is 0.339 e. The van der Waals surface area contributed by atoms with Gasteiger partial charge in [-0.3, -0.25) is 4.79 Å². The number of carbonyl (C=O) groups is 2. The van der Waals surface area contributed by atoms with Crippen LogP contribution in [0.4, 0.5) is 5.69 Å². The van der Waals surface area contributed by atoms with E-state index < -0.39 is 11.9 Å². The monoisotopic (exact) mass is 303 g/mol. The van der Waals surface area contributed by atoms with Gasteiger partial charge in [-0.1, -0.05) is 11.6 Å². The first kappa shape index (κ1) is 15.7. The lowest BCUT2D eigenvalue weighted by Crippen LogP contribution is -2.09. The van der Waals surface area contributed by atoms with Crippen LogP contribution < -0.4 is 5.73 Å². The van der Waals surface area contributed by atoms with Crippen molar-refractivity contribution in [1.29, 1.82) is 0 Å². The van der Waals surface area contributed by atoms with Gasteiger partial charge in [0, 0.05) is 10.6 Å². The molecule has 1 aromatic carbocycles. The number of ether oxygens (including phenoxy) is 2. The summed E-state index contributed by atoms with van der Waals surface area (Å²) in [6.45, 7) is 1.94. The molecule has 104 valence electrons. The van der Waals surface area contributed by atoms with Crippen molar-refractivity contribution in [3.05, 3.63) is 22.7 Å². The van der Waals surface area contributed by atoms with Crippen molar-refractivity contribution in [1.82, 2.24) is 0 Å². The Hall–Kier alpha value is -1.40. The summed E-state index contributed by atoms with van der Waals surface area (Å²) >= 11 is 7.15. The van der Waals surface area contributed by atoms with E-state index in [1.54, 1.807) is 6.92 Å². The maximum absolute atomic E-state index is 11.8. The third-order valence-electron chi connectivity index (χ3n) is 2.12. The number of hydrogen-bond acceptors (Lipinski definition) is 6. The van der Waals surface area contributed by atoms with Crippen LogP contribution >= 0.6 is 23.4 Å². The lowest BCUT2D eigenvalue weighted by Gasteiger charge is -2.11. The molecule has 0 aliphatic carbocycles. The second-order valence-corrected chi connectivity index (χ2v) is 4.86. The molecule has 1 rings (SSSR count). The minimum atomic E-state index is -0.524. The van der Waals surface area contributed by atoms with Crippen LogP contribution in [-0.4, -0.2) is 31.4 Å². The Bertz CT molecular complexity index is 493. The zero-order chi connectivity index (χ0) is 14.4. The molecule has 0 spiro atoms. The van der Waals surface area contributed by atoms with Crippen LogP contribution in [0.25, 0.3) is 0 Å². The molecular formula is C12H14ClNO4S. The Labute approximate surface area is 120 Å². The number of anilines is 1. The number of benzene rings is 1. The third kappa shape index (κ3) is 4.33. The number of nitrogens with two attached hydrogens (primary N) is 1. The van der Waals surface area contributed by atoms with Crippen LogP contribution in [0.1, 0.15) is 17.3 Å². The number of esters is 2. The van der Waals surface area contributed by atoms with Crippen LogP contribution in [0.15, 0.2) is 17.0 Å². The van der Waals surface area contributed by atoms with E-state index in [4.69, 9.17) is 22.1 Å². The summed E-state index contributed by atoms with van der Waals surface area (Å²) in [5.41, 5.74) is 6.26. The second-order valence-electron chi connectivity index (χ2n) is 3.46. The molecule has 0 atom stereocenters. The molecule has 2 N–H and O–H groups in total. The van der Waals surface area contributed by atoms with Gasteiger partial charge < -0.3 is 15.2 Å². The van der Waals surface area contributed by atoms with E-state index in [1.165, 1.54) is 19.2 Å². The maximum Gasteiger partial charge on any atom is 0.339 e. The Morgan fingerprint density at radius 3 is 2.68 bits per heavy atom. The summed E-state index contributed by atoms with van der Waals surface area (Å²) in [5, 5.41) is 0.303. The maximum atomic E-state index is 11.8. The Balaban J connectivity index is 3.06. The van der Waals surface area contributed by atoms with Crippen molar-refractivity contribution in [3.8, 4) is 0 Å². The summed E-state index contributed by atoms with van der Waals surface area (Å²) in [5.74, 6) is -0.885. The molecule has 5 nitrogen and oxygen atoms in total. The SMILES string of the molecule is CCOC(=O)c1cc(N)cc(Cl)c1SCC(=O)OC. The van der Waals surface area contributed by atoms with Gasteiger partial charge in [0.1, 0.15) is 0 Å². The minimum absolute atomic E-state index is 0.0482. The zero-order valence-corrected chi connectivity index (χ0v) is 12.1. The van der Waals surface area contributed by atoms with E-state index in [9.17, 15) is 9.59 Å². The predicted molar refractivity (Wildman–Crippen MR) is 74.6 cm³/mol. The van der Waals surface area contributed by atoms with Gasteiger partial charge in [-0.2, -0.15) is 0 Å². The second kappa shape index (κ2) is 7.25. The average Bonchev–Trinajstić information content (AvgIpc) is 2.36. The summed E-state index contributed by atoms with van der Waals surface area (Å²) in [6, 6.07) is 2.99. The van der Waals surface area contributed by atoms with Crippen molar-refractivity contribution in [2.45, 2.75) is 11.8 Å². The number of methoxy groups -OCH3 is 1. The van der Waals surface area contributed by atoms with Crippen molar-refractivity contribution in [2.75, 3.05) is 25.2 Å². The van der Waals surface area contributed by atoms with E-state index >= 15 is 0 Å². The molecule has 0 fully saturated rings. The molecule has 1 aromatic rings. The Kier molecular flexibility index (Phi) is 5.98. The molecule has 0 bridgehead atoms. The molecule has 0 aliphatic rings. The fourth-order valence-corrected chi connectivity index (χ4v) is 2.58. The molecule has 0 saturated heterocycles. The standard InChI is InChI=1S/C12H14ClNO4S/c1-3-18-12(16)8-4-7(14)5-9(13)11(8)19-6-10(15)17-2/h4-5H,3,6,14H2,1-2H3. The fourth-order valence-electron chi connectivity index (χ4n) is 1.31. The first-order valence-corrected chi connectivity index (χ1v) is 6.81. The first-order chi connectivity index (χ1) is 8.99. The van der Waals surface area contributed by atoms with Gasteiger partial charge in [-0.05, 0) is 19.1 Å². The van der Waals surface area contributed by atoms with Crippen LogP contribution in [0.2, 0.25) is 5.02 Å². The highest BCUT2D eigenvalue weighted by atomic mass is 35.5. The zero-order valence-electron chi connectivity index (χ0n) is 10.6. The van der Waals surface area contributed by atoms with E-state index in [-0.39, 0.29) is 17.9 Å². The van der Waals surface area contributed by atoms with Crippen LogP contribution in [-0.2, 0) is 14.3 Å². The molecule has 7 heteroatoms. The van der Waals surface area contributed by atoms with Crippen molar-refractivity contribution < 1.29 is 19.1 Å². The molecule has 0 heterocycles. The van der Waals surface area contributed by atoms with Crippen LogP contribution in [0.3, 0.4) is 0 Å². The first-order valence-electron chi connectivity index (χ1n) is 5.45. The number of rotatable bonds is 5. The summed E-state index contributed by atoms with van der Waals surface area (Å²) < 4.78 is 9.47. The van der Waals surface area contributed by atoms with Gasteiger partial charge in [0.25, 0.3) is 0 Å². The largest absolute Gasteiger partial charge is 0.468 e. The molecular weight excluding hydrogens is 290 g/mol. The lowest BCUT2D eigenvalue weighted by molar-refractivity contribution is -0.137. The molecule has 19 heavy (non-hydrogen) atoms. The quantitative estimate of drug-likeness (QED) is 0.511. The molecule has 0 amide bonds. The number of carbonyl (C=O) groups excluding carboxylic acids is 2. The highest BCUT2D eigenvalue weighted by Crippen LogP contribution is 2.33. The summed E-state index contributed by atoms with van der Waals surface area (Å²) in [7, 11) is 1.29. The molecule has 0 saturated carbocycles. The van der Waals surface area contributed by atoms with Crippen LogP contribution in [0.5, 0.6) is 0 Å². The van der Waals surface area contributed by atoms with E-state index in [0.717, 1.165) is 11.8 Å².